The third kappa shape index (κ3) is 3.24. The average molecular weight is 147 g/mol. The van der Waals surface area contributed by atoms with E-state index in [1.165, 1.54) is 5.46 Å². The predicted octanol–water partition coefficient (Wildman–Crippen LogP) is 0.637. The molecule has 58 valence electrons. The molecule has 0 aliphatic heterocycles. The van der Waals surface area contributed by atoms with Gasteiger partial charge in [-0.15, -0.1) is 0 Å². The van der Waals surface area contributed by atoms with Crippen LogP contribution in [0.5, 0.6) is 0 Å². The van der Waals surface area contributed by atoms with Crippen molar-refractivity contribution in [1.29, 1.82) is 0 Å². The van der Waals surface area contributed by atoms with Gasteiger partial charge in [0.05, 0.1) is 0 Å². The Labute approximate surface area is 69.5 Å². The molecule has 0 heterocycles. The van der Waals surface area contributed by atoms with Crippen molar-refractivity contribution in [2.45, 2.75) is 0 Å². The number of rotatable bonds is 2. The molecule has 1 aromatic carbocycles. The zero-order valence-corrected chi connectivity index (χ0v) is 7.41. The first kappa shape index (κ1) is 8.34. The zero-order valence-electron chi connectivity index (χ0n) is 7.41. The molecule has 0 saturated carbocycles. The minimum atomic E-state index is 0.865. The summed E-state index contributed by atoms with van der Waals surface area (Å²) in [6, 6.07) is 10.4. The second kappa shape index (κ2) is 3.10. The highest BCUT2D eigenvalue weighted by molar-refractivity contribution is 6.46. The molecule has 0 fully saturated rings. The fourth-order valence-corrected chi connectivity index (χ4v) is 0.986. The van der Waals surface area contributed by atoms with Gasteiger partial charge in [-0.25, -0.2) is 5.46 Å². The van der Waals surface area contributed by atoms with E-state index in [0.717, 1.165) is 4.39 Å². The van der Waals surface area contributed by atoms with Gasteiger partial charge in [0, 0.05) is 28.6 Å². The van der Waals surface area contributed by atoms with Crippen LogP contribution in [0.1, 0.15) is 0 Å². The Balaban J connectivity index is 2.66. The van der Waals surface area contributed by atoms with E-state index in [1.54, 1.807) is 0 Å². The fourth-order valence-electron chi connectivity index (χ4n) is 0.986. The lowest BCUT2D eigenvalue weighted by atomic mass is 9.79. The largest absolute Gasteiger partial charge is 0.564 e. The molecule has 2 radical (unpaired) electrons. The van der Waals surface area contributed by atoms with Crippen LogP contribution in [0.3, 0.4) is 0 Å². The van der Waals surface area contributed by atoms with Crippen molar-refractivity contribution in [3.63, 3.8) is 0 Å². The minimum Gasteiger partial charge on any atom is -0.564 e. The van der Waals surface area contributed by atoms with Gasteiger partial charge >= 0.3 is 0 Å². The first-order valence-electron chi connectivity index (χ1n) is 3.80. The monoisotopic (exact) mass is 147 g/mol. The molecule has 0 N–H and O–H groups in total. The summed E-state index contributed by atoms with van der Waals surface area (Å²) in [4.78, 5) is 0. The quantitative estimate of drug-likeness (QED) is 0.538. The van der Waals surface area contributed by atoms with Crippen LogP contribution in [-0.4, -0.2) is 33.0 Å². The SMILES string of the molecule is C[N+](C)(C)[B-]c1ccccc1. The van der Waals surface area contributed by atoms with E-state index in [2.05, 4.69) is 52.8 Å². The van der Waals surface area contributed by atoms with Gasteiger partial charge in [0.25, 0.3) is 0 Å². The Morgan fingerprint density at radius 1 is 1.00 bits per heavy atom. The summed E-state index contributed by atoms with van der Waals surface area (Å²) in [6.07, 6.45) is 0. The maximum absolute atomic E-state index is 2.21. The number of nitrogens with zero attached hydrogens (tertiary/aromatic N) is 1. The van der Waals surface area contributed by atoms with E-state index in [4.69, 9.17) is 0 Å². The highest BCUT2D eigenvalue weighted by Crippen LogP contribution is 1.88. The Hall–Kier alpha value is -0.755. The Kier molecular flexibility index (Phi) is 2.35. The van der Waals surface area contributed by atoms with Gasteiger partial charge < -0.3 is 4.39 Å². The van der Waals surface area contributed by atoms with Crippen LogP contribution in [0.2, 0.25) is 0 Å². The second-order valence-electron chi connectivity index (χ2n) is 3.66. The fraction of sp³-hybridized carbons (Fsp3) is 0.333. The number of benzene rings is 1. The van der Waals surface area contributed by atoms with E-state index in [0.29, 0.717) is 0 Å². The maximum Gasteiger partial charge on any atom is 0.0255 e. The summed E-state index contributed by atoms with van der Waals surface area (Å²) in [7, 11) is 8.65. The van der Waals surface area contributed by atoms with Crippen LogP contribution in [0.15, 0.2) is 30.3 Å². The predicted molar refractivity (Wildman–Crippen MR) is 49.9 cm³/mol. The van der Waals surface area contributed by atoms with E-state index < -0.39 is 0 Å². The summed E-state index contributed by atoms with van der Waals surface area (Å²) in [5, 5.41) is 0. The molecule has 0 spiro atoms. The van der Waals surface area contributed by atoms with Gasteiger partial charge in [-0.2, -0.15) is 0 Å². The Morgan fingerprint density at radius 2 is 1.55 bits per heavy atom. The zero-order chi connectivity index (χ0) is 8.32. The topological polar surface area (TPSA) is 0 Å². The first-order chi connectivity index (χ1) is 5.08. The third-order valence-corrected chi connectivity index (χ3v) is 1.34. The van der Waals surface area contributed by atoms with Crippen molar-refractivity contribution in [1.82, 2.24) is 0 Å². The molecule has 2 heteroatoms. The highest BCUT2D eigenvalue weighted by Gasteiger charge is 1.93. The standard InChI is InChI=1S/C9H14BN/c1-11(2,3)10-9-7-5-4-6-8-9/h4-8H,1-3H3. The number of quaternary nitrogens is 1. The lowest BCUT2D eigenvalue weighted by Gasteiger charge is -2.38. The average Bonchev–Trinajstić information content (AvgIpc) is 1.85. The Bertz CT molecular complexity index is 213. The summed E-state index contributed by atoms with van der Waals surface area (Å²) < 4.78 is 0.865. The normalized spacial score (nSPS) is 11.5. The van der Waals surface area contributed by atoms with Crippen LogP contribution in [0.25, 0.3) is 0 Å². The molecule has 0 amide bonds. The molecule has 0 bridgehead atoms. The van der Waals surface area contributed by atoms with E-state index in [9.17, 15) is 0 Å². The maximum atomic E-state index is 2.21. The molecule has 0 unspecified atom stereocenters. The molecule has 11 heavy (non-hydrogen) atoms. The molecule has 0 aliphatic carbocycles. The molecular weight excluding hydrogens is 133 g/mol. The first-order valence-corrected chi connectivity index (χ1v) is 3.80. The second-order valence-corrected chi connectivity index (χ2v) is 3.66. The van der Waals surface area contributed by atoms with Gasteiger partial charge in [0.15, 0.2) is 0 Å². The van der Waals surface area contributed by atoms with Crippen molar-refractivity contribution in [3.05, 3.63) is 30.3 Å². The van der Waals surface area contributed by atoms with Gasteiger partial charge in [0.1, 0.15) is 0 Å². The smallest absolute Gasteiger partial charge is 0.0255 e. The van der Waals surface area contributed by atoms with Crippen molar-refractivity contribution in [2.75, 3.05) is 21.1 Å². The molecule has 1 nitrogen and oxygen atoms in total. The van der Waals surface area contributed by atoms with E-state index in [-0.39, 0.29) is 0 Å². The van der Waals surface area contributed by atoms with Crippen LogP contribution in [0, 0.1) is 0 Å². The van der Waals surface area contributed by atoms with Gasteiger partial charge in [-0.3, -0.25) is 0 Å². The molecule has 0 aromatic heterocycles. The van der Waals surface area contributed by atoms with Crippen LogP contribution >= 0.6 is 0 Å². The highest BCUT2D eigenvalue weighted by atomic mass is 15.2. The van der Waals surface area contributed by atoms with E-state index in [1.807, 2.05) is 6.07 Å². The molecule has 0 saturated heterocycles. The third-order valence-electron chi connectivity index (χ3n) is 1.34. The summed E-state index contributed by atoms with van der Waals surface area (Å²) in [5.41, 5.74) is 1.28. The van der Waals surface area contributed by atoms with Gasteiger partial charge in [-0.05, 0) is 0 Å². The van der Waals surface area contributed by atoms with Crippen molar-refractivity contribution in [3.8, 4) is 0 Å². The van der Waals surface area contributed by atoms with Gasteiger partial charge in [-0.1, -0.05) is 30.3 Å². The van der Waals surface area contributed by atoms with E-state index >= 15 is 0 Å². The molecule has 0 atom stereocenters. The van der Waals surface area contributed by atoms with Crippen LogP contribution < -0.4 is 5.46 Å². The Morgan fingerprint density at radius 3 is 2.00 bits per heavy atom. The summed E-state index contributed by atoms with van der Waals surface area (Å²) >= 11 is 0. The summed E-state index contributed by atoms with van der Waals surface area (Å²) in [6.45, 7) is 0. The summed E-state index contributed by atoms with van der Waals surface area (Å²) in [5.74, 6) is 0. The minimum absolute atomic E-state index is 0.865. The van der Waals surface area contributed by atoms with Gasteiger partial charge in [0.2, 0.25) is 0 Å². The van der Waals surface area contributed by atoms with Crippen LogP contribution in [-0.2, 0) is 0 Å². The lowest BCUT2D eigenvalue weighted by molar-refractivity contribution is -0.754. The van der Waals surface area contributed by atoms with Crippen molar-refractivity contribution >= 4 is 12.9 Å². The van der Waals surface area contributed by atoms with Crippen molar-refractivity contribution < 1.29 is 4.39 Å². The number of hydrogen-bond acceptors (Lipinski definition) is 0. The molecule has 1 rings (SSSR count). The van der Waals surface area contributed by atoms with Crippen molar-refractivity contribution in [2.24, 2.45) is 0 Å². The molecule has 0 aliphatic rings. The van der Waals surface area contributed by atoms with Crippen LogP contribution in [0.4, 0.5) is 0 Å². The lowest BCUT2D eigenvalue weighted by Crippen LogP contribution is -2.44. The molecular formula is C9H14BN. The number of hydrogen-bond donors (Lipinski definition) is 0. The molecule has 1 aromatic rings.